The van der Waals surface area contributed by atoms with Crippen molar-refractivity contribution in [3.8, 4) is 0 Å². The molecule has 0 spiro atoms. The first-order valence-corrected chi connectivity index (χ1v) is 4.50. The fourth-order valence-electron chi connectivity index (χ4n) is 1.38. The molecule has 12 nitrogen and oxygen atoms in total. The van der Waals surface area contributed by atoms with E-state index in [1.54, 1.807) is 0 Å². The van der Waals surface area contributed by atoms with Crippen molar-refractivity contribution >= 4 is 5.97 Å². The molecule has 0 bridgehead atoms. The summed E-state index contributed by atoms with van der Waals surface area (Å²) >= 11 is 0. The van der Waals surface area contributed by atoms with Crippen LogP contribution in [0.25, 0.3) is 0 Å². The average Bonchev–Trinajstić information content (AvgIpc) is 2.15. The molecule has 18 heavy (non-hydrogen) atoms. The Bertz CT molecular complexity index is 359. The first-order chi connectivity index (χ1) is 8.08. The van der Waals surface area contributed by atoms with Gasteiger partial charge in [0.05, 0.1) is 0 Å². The number of hydrogen-bond acceptors (Lipinski definition) is 8. The molecular weight excluding hydrogens is 256 g/mol. The van der Waals surface area contributed by atoms with Gasteiger partial charge in [0.2, 0.25) is 0 Å². The number of carboxylic acid groups (broad SMARTS) is 1. The van der Waals surface area contributed by atoms with E-state index in [1.807, 2.05) is 0 Å². The van der Waals surface area contributed by atoms with Crippen molar-refractivity contribution in [3.05, 3.63) is 30.3 Å². The van der Waals surface area contributed by atoms with E-state index in [0.717, 1.165) is 6.92 Å². The van der Waals surface area contributed by atoms with Crippen LogP contribution in [0.5, 0.6) is 0 Å². The molecular formula is C6H10N4O8. The van der Waals surface area contributed by atoms with E-state index in [1.165, 1.54) is 0 Å². The van der Waals surface area contributed by atoms with Gasteiger partial charge in [0, 0.05) is 0 Å². The molecule has 0 aliphatic heterocycles. The predicted molar refractivity (Wildman–Crippen MR) is 53.1 cm³/mol. The van der Waals surface area contributed by atoms with Crippen LogP contribution >= 0.6 is 0 Å². The van der Waals surface area contributed by atoms with Crippen LogP contribution in [0, 0.1) is 36.3 Å². The second-order valence-electron chi connectivity index (χ2n) is 3.54. The Balaban J connectivity index is 5.46. The number of hydrogen-bond donors (Lipinski definition) is 2. The van der Waals surface area contributed by atoms with Crippen molar-refractivity contribution in [2.45, 2.75) is 25.2 Å². The molecule has 0 saturated carbocycles. The van der Waals surface area contributed by atoms with Crippen molar-refractivity contribution in [2.75, 3.05) is 0 Å². The average molecular weight is 266 g/mol. The van der Waals surface area contributed by atoms with Crippen molar-refractivity contribution < 1.29 is 24.7 Å². The lowest BCUT2D eigenvalue weighted by Crippen LogP contribution is -2.59. The highest BCUT2D eigenvalue weighted by Gasteiger charge is 2.74. The van der Waals surface area contributed by atoms with Crippen LogP contribution in [0.15, 0.2) is 0 Å². The summed E-state index contributed by atoms with van der Waals surface area (Å²) in [6, 6.07) is -1.67. The summed E-state index contributed by atoms with van der Waals surface area (Å²) in [5, 5.41) is 40.4. The van der Waals surface area contributed by atoms with Crippen LogP contribution in [0.1, 0.15) is 13.3 Å². The third kappa shape index (κ3) is 2.48. The van der Waals surface area contributed by atoms with Crippen LogP contribution < -0.4 is 5.73 Å². The molecule has 0 aromatic heterocycles. The Morgan fingerprint density at radius 2 is 1.56 bits per heavy atom. The molecule has 0 heterocycles. The highest BCUT2D eigenvalue weighted by Crippen LogP contribution is 2.26. The van der Waals surface area contributed by atoms with Gasteiger partial charge in [-0.05, 0) is 13.3 Å². The molecule has 0 amide bonds. The lowest BCUT2D eigenvalue weighted by Gasteiger charge is -2.16. The molecule has 0 saturated heterocycles. The lowest BCUT2D eigenvalue weighted by molar-refractivity contribution is -0.978. The molecule has 0 aliphatic rings. The Hall–Kier alpha value is -2.37. The number of nitrogens with zero attached hydrogens (tertiary/aromatic N) is 3. The smallest absolute Gasteiger partial charge is 0.480 e. The maximum absolute atomic E-state index is 10.6. The topological polar surface area (TPSA) is 193 Å². The molecule has 0 aliphatic carbocycles. The quantitative estimate of drug-likeness (QED) is 0.327. The van der Waals surface area contributed by atoms with Gasteiger partial charge in [-0.2, -0.15) is 0 Å². The second-order valence-corrected chi connectivity index (χ2v) is 3.54. The minimum Gasteiger partial charge on any atom is -0.480 e. The first kappa shape index (κ1) is 15.6. The Labute approximate surface area is 98.8 Å². The second kappa shape index (κ2) is 5.31. The van der Waals surface area contributed by atoms with Crippen LogP contribution in [0.4, 0.5) is 0 Å². The van der Waals surface area contributed by atoms with Crippen LogP contribution in [0.2, 0.25) is 0 Å². The number of rotatable bonds is 7. The van der Waals surface area contributed by atoms with Crippen molar-refractivity contribution in [2.24, 2.45) is 11.7 Å². The number of carboxylic acids is 1. The van der Waals surface area contributed by atoms with E-state index >= 15 is 0 Å². The summed E-state index contributed by atoms with van der Waals surface area (Å²) in [7, 11) is 0. The fraction of sp³-hybridized carbons (Fsp3) is 0.833. The Morgan fingerprint density at radius 3 is 1.78 bits per heavy atom. The molecule has 2 atom stereocenters. The summed E-state index contributed by atoms with van der Waals surface area (Å²) in [5.74, 6) is -7.07. The molecule has 12 heteroatoms. The van der Waals surface area contributed by atoms with E-state index in [4.69, 9.17) is 10.8 Å². The SMILES string of the molecule is CC(C[C@H](N)C(=O)O)C([N+](=O)[O-])([N+](=O)[O-])[N+](=O)[O-]. The Kier molecular flexibility index (Phi) is 4.61. The standard InChI is InChI=1S/C6H10N4O8/c1-3(2-4(7)5(11)12)6(8(13)14,9(15)16)10(17)18/h3-4H,2,7H2,1H3,(H,11,12)/t3?,4-/m0/s1. The Morgan fingerprint density at radius 1 is 1.22 bits per heavy atom. The number of nitrogens with two attached hydrogens (primary N) is 1. The molecule has 0 radical (unpaired) electrons. The molecule has 0 rings (SSSR count). The number of aliphatic carboxylic acids is 1. The van der Waals surface area contributed by atoms with Crippen LogP contribution in [-0.4, -0.2) is 37.7 Å². The zero-order chi connectivity index (χ0) is 14.7. The van der Waals surface area contributed by atoms with Gasteiger partial charge in [-0.15, -0.1) is 0 Å². The first-order valence-electron chi connectivity index (χ1n) is 4.50. The van der Waals surface area contributed by atoms with E-state index in [-0.39, 0.29) is 0 Å². The highest BCUT2D eigenvalue weighted by atomic mass is 16.7. The third-order valence-electron chi connectivity index (χ3n) is 2.39. The third-order valence-corrected chi connectivity index (χ3v) is 2.39. The summed E-state index contributed by atoms with van der Waals surface area (Å²) in [6.45, 7) is 0.831. The van der Waals surface area contributed by atoms with Crippen molar-refractivity contribution in [1.29, 1.82) is 0 Å². The van der Waals surface area contributed by atoms with E-state index < -0.39 is 44.9 Å². The van der Waals surface area contributed by atoms with Gasteiger partial charge in [0.25, 0.3) is 0 Å². The zero-order valence-electron chi connectivity index (χ0n) is 9.09. The van der Waals surface area contributed by atoms with E-state index in [9.17, 15) is 35.1 Å². The molecule has 0 aromatic carbocycles. The van der Waals surface area contributed by atoms with Gasteiger partial charge in [-0.25, -0.2) is 0 Å². The number of nitro groups is 3. The fourth-order valence-corrected chi connectivity index (χ4v) is 1.38. The maximum atomic E-state index is 10.6. The summed E-state index contributed by atoms with van der Waals surface area (Å²) in [5.41, 5.74) is 5.05. The monoisotopic (exact) mass is 266 g/mol. The zero-order valence-corrected chi connectivity index (χ0v) is 9.09. The minimum absolute atomic E-state index is 0.779. The van der Waals surface area contributed by atoms with Gasteiger partial charge < -0.3 is 10.8 Å². The molecule has 1 unspecified atom stereocenters. The largest absolute Gasteiger partial charge is 0.702 e. The van der Waals surface area contributed by atoms with E-state index in [2.05, 4.69) is 0 Å². The summed E-state index contributed by atoms with van der Waals surface area (Å²) in [4.78, 5) is 37.3. The van der Waals surface area contributed by atoms with Crippen molar-refractivity contribution in [3.63, 3.8) is 0 Å². The van der Waals surface area contributed by atoms with Crippen molar-refractivity contribution in [1.82, 2.24) is 0 Å². The number of carbonyl (C=O) groups is 1. The van der Waals surface area contributed by atoms with Gasteiger partial charge in [0.1, 0.15) is 6.04 Å². The minimum atomic E-state index is -3.70. The normalized spacial score (nSPS) is 14.6. The van der Waals surface area contributed by atoms with Gasteiger partial charge in [-0.1, -0.05) is 0 Å². The molecule has 0 aromatic rings. The van der Waals surface area contributed by atoms with Gasteiger partial charge in [-0.3, -0.25) is 35.1 Å². The predicted octanol–water partition coefficient (Wildman–Crippen LogP) is -1.09. The van der Waals surface area contributed by atoms with Gasteiger partial charge >= 0.3 is 11.8 Å². The molecule has 3 N–H and O–H groups in total. The van der Waals surface area contributed by atoms with Crippen LogP contribution in [-0.2, 0) is 4.79 Å². The highest BCUT2D eigenvalue weighted by molar-refractivity contribution is 5.73. The summed E-state index contributed by atoms with van der Waals surface area (Å²) in [6.07, 6.45) is -0.779. The molecule has 102 valence electrons. The van der Waals surface area contributed by atoms with E-state index in [0.29, 0.717) is 0 Å². The van der Waals surface area contributed by atoms with Crippen LogP contribution in [0.3, 0.4) is 0 Å². The summed E-state index contributed by atoms with van der Waals surface area (Å²) < 4.78 is 0. The maximum Gasteiger partial charge on any atom is 0.702 e. The lowest BCUT2D eigenvalue weighted by atomic mass is 9.95. The van der Waals surface area contributed by atoms with Gasteiger partial charge in [0.15, 0.2) is 20.7 Å². The molecule has 0 fully saturated rings.